The summed E-state index contributed by atoms with van der Waals surface area (Å²) in [5.74, 6) is 0.0741. The molecule has 0 unspecified atom stereocenters. The van der Waals surface area contributed by atoms with Crippen LogP contribution in [-0.2, 0) is 4.79 Å². The Morgan fingerprint density at radius 1 is 1.25 bits per heavy atom. The average molecular weight is 268 g/mol. The number of rotatable bonds is 5. The molecule has 0 saturated carbocycles. The van der Waals surface area contributed by atoms with Crippen LogP contribution in [0.4, 0.5) is 5.69 Å². The molecule has 20 heavy (non-hydrogen) atoms. The van der Waals surface area contributed by atoms with Crippen LogP contribution in [0.3, 0.4) is 0 Å². The Kier molecular flexibility index (Phi) is 4.88. The number of nitrogens with zero attached hydrogens (tertiary/aromatic N) is 1. The van der Waals surface area contributed by atoms with Crippen LogP contribution in [0.15, 0.2) is 42.6 Å². The molecule has 0 fully saturated rings. The lowest BCUT2D eigenvalue weighted by Crippen LogP contribution is -2.11. The molecule has 104 valence electrons. The van der Waals surface area contributed by atoms with Crippen molar-refractivity contribution in [3.8, 4) is 11.1 Å². The number of carbonyl (C=O) groups is 1. The van der Waals surface area contributed by atoms with Crippen LogP contribution in [0.5, 0.6) is 0 Å². The van der Waals surface area contributed by atoms with Gasteiger partial charge in [0.15, 0.2) is 0 Å². The van der Waals surface area contributed by atoms with E-state index in [2.05, 4.69) is 17.2 Å². The van der Waals surface area contributed by atoms with Crippen molar-refractivity contribution in [2.45, 2.75) is 33.1 Å². The van der Waals surface area contributed by atoms with Gasteiger partial charge in [0.25, 0.3) is 0 Å². The number of nitrogens with one attached hydrogen (secondary N) is 1. The highest BCUT2D eigenvalue weighted by Crippen LogP contribution is 2.28. The number of carbonyl (C=O) groups excluding carboxylic acids is 1. The van der Waals surface area contributed by atoms with Gasteiger partial charge in [-0.2, -0.15) is 0 Å². The summed E-state index contributed by atoms with van der Waals surface area (Å²) in [6, 6.07) is 11.9. The third-order valence-corrected chi connectivity index (χ3v) is 3.17. The molecule has 2 rings (SSSR count). The van der Waals surface area contributed by atoms with E-state index in [4.69, 9.17) is 0 Å². The highest BCUT2D eigenvalue weighted by atomic mass is 16.1. The van der Waals surface area contributed by atoms with Crippen molar-refractivity contribution < 1.29 is 4.79 Å². The molecule has 2 aromatic rings. The third kappa shape index (κ3) is 3.67. The molecule has 3 nitrogen and oxygen atoms in total. The summed E-state index contributed by atoms with van der Waals surface area (Å²) in [7, 11) is 0. The molecule has 1 amide bonds. The minimum Gasteiger partial charge on any atom is -0.326 e. The van der Waals surface area contributed by atoms with Crippen molar-refractivity contribution in [3.05, 3.63) is 48.3 Å². The van der Waals surface area contributed by atoms with Crippen molar-refractivity contribution in [2.75, 3.05) is 5.32 Å². The van der Waals surface area contributed by atoms with Crippen LogP contribution in [-0.4, -0.2) is 10.9 Å². The lowest BCUT2D eigenvalue weighted by molar-refractivity contribution is -0.116. The second kappa shape index (κ2) is 6.85. The van der Waals surface area contributed by atoms with Gasteiger partial charge in [0.05, 0.1) is 0 Å². The number of benzene rings is 1. The van der Waals surface area contributed by atoms with E-state index >= 15 is 0 Å². The van der Waals surface area contributed by atoms with Crippen molar-refractivity contribution in [2.24, 2.45) is 0 Å². The van der Waals surface area contributed by atoms with Crippen molar-refractivity contribution in [1.29, 1.82) is 0 Å². The van der Waals surface area contributed by atoms with E-state index in [1.165, 1.54) is 0 Å². The monoisotopic (exact) mass is 268 g/mol. The number of aryl methyl sites for hydroxylation is 1. The second-order valence-electron chi connectivity index (χ2n) is 4.88. The highest BCUT2D eigenvalue weighted by Gasteiger charge is 2.08. The molecule has 0 aliphatic heterocycles. The van der Waals surface area contributed by atoms with Gasteiger partial charge in [0.1, 0.15) is 0 Å². The number of para-hydroxylation sites is 1. The zero-order valence-corrected chi connectivity index (χ0v) is 12.0. The maximum atomic E-state index is 11.9. The average Bonchev–Trinajstić information content (AvgIpc) is 2.45. The number of unbranched alkanes of at least 4 members (excludes halogenated alkanes) is 1. The Morgan fingerprint density at radius 3 is 2.80 bits per heavy atom. The molecule has 0 radical (unpaired) electrons. The van der Waals surface area contributed by atoms with Crippen LogP contribution < -0.4 is 5.32 Å². The first-order valence-electron chi connectivity index (χ1n) is 7.02. The predicted octanol–water partition coefficient (Wildman–Crippen LogP) is 4.19. The molecule has 0 aliphatic carbocycles. The van der Waals surface area contributed by atoms with Gasteiger partial charge >= 0.3 is 0 Å². The Morgan fingerprint density at radius 2 is 2.05 bits per heavy atom. The van der Waals surface area contributed by atoms with Crippen molar-refractivity contribution in [3.63, 3.8) is 0 Å². The van der Waals surface area contributed by atoms with Crippen LogP contribution in [0.2, 0.25) is 0 Å². The molecule has 1 heterocycles. The van der Waals surface area contributed by atoms with Gasteiger partial charge in [-0.05, 0) is 37.1 Å². The number of hydrogen-bond donors (Lipinski definition) is 1. The molecule has 0 bridgehead atoms. The van der Waals surface area contributed by atoms with E-state index in [1.54, 1.807) is 6.20 Å². The molecule has 0 saturated heterocycles. The van der Waals surface area contributed by atoms with Gasteiger partial charge in [-0.1, -0.05) is 31.5 Å². The fourth-order valence-corrected chi connectivity index (χ4v) is 2.11. The van der Waals surface area contributed by atoms with E-state index in [1.807, 2.05) is 43.3 Å². The molecular weight excluding hydrogens is 248 g/mol. The molecule has 1 N–H and O–H groups in total. The van der Waals surface area contributed by atoms with Crippen LogP contribution in [0.25, 0.3) is 11.1 Å². The number of anilines is 1. The largest absolute Gasteiger partial charge is 0.326 e. The van der Waals surface area contributed by atoms with Crippen LogP contribution >= 0.6 is 0 Å². The molecule has 0 aliphatic rings. The van der Waals surface area contributed by atoms with E-state index in [0.29, 0.717) is 6.42 Å². The smallest absolute Gasteiger partial charge is 0.224 e. The zero-order chi connectivity index (χ0) is 14.4. The summed E-state index contributed by atoms with van der Waals surface area (Å²) >= 11 is 0. The summed E-state index contributed by atoms with van der Waals surface area (Å²) in [6.07, 6.45) is 4.31. The summed E-state index contributed by atoms with van der Waals surface area (Å²) < 4.78 is 0. The molecular formula is C17H20N2O. The van der Waals surface area contributed by atoms with Gasteiger partial charge in [0.2, 0.25) is 5.91 Å². The first-order valence-corrected chi connectivity index (χ1v) is 7.02. The molecule has 0 spiro atoms. The van der Waals surface area contributed by atoms with Gasteiger partial charge in [-0.25, -0.2) is 0 Å². The summed E-state index contributed by atoms with van der Waals surface area (Å²) in [5.41, 5.74) is 3.93. The van der Waals surface area contributed by atoms with Gasteiger partial charge in [-0.15, -0.1) is 0 Å². The number of amides is 1. The van der Waals surface area contributed by atoms with E-state index in [9.17, 15) is 4.79 Å². The third-order valence-electron chi connectivity index (χ3n) is 3.17. The first kappa shape index (κ1) is 14.3. The zero-order valence-electron chi connectivity index (χ0n) is 12.0. The molecule has 0 atom stereocenters. The predicted molar refractivity (Wildman–Crippen MR) is 82.6 cm³/mol. The topological polar surface area (TPSA) is 42.0 Å². The van der Waals surface area contributed by atoms with Crippen LogP contribution in [0.1, 0.15) is 31.9 Å². The highest BCUT2D eigenvalue weighted by molar-refractivity contribution is 5.95. The first-order chi connectivity index (χ1) is 9.70. The van der Waals surface area contributed by atoms with E-state index in [0.717, 1.165) is 35.3 Å². The Balaban J connectivity index is 2.24. The molecule has 1 aromatic carbocycles. The van der Waals surface area contributed by atoms with Gasteiger partial charge in [-0.3, -0.25) is 9.78 Å². The van der Waals surface area contributed by atoms with Crippen molar-refractivity contribution in [1.82, 2.24) is 4.98 Å². The Labute approximate surface area is 120 Å². The normalized spacial score (nSPS) is 10.3. The fraction of sp³-hybridized carbons (Fsp3) is 0.294. The van der Waals surface area contributed by atoms with Gasteiger partial charge in [0, 0.05) is 29.6 Å². The SMILES string of the molecule is CCCCC(=O)Nc1ccccc1-c1ccnc(C)c1. The minimum atomic E-state index is 0.0741. The summed E-state index contributed by atoms with van der Waals surface area (Å²) in [5, 5.41) is 3.00. The number of aromatic nitrogens is 1. The standard InChI is InChI=1S/C17H20N2O/c1-3-4-9-17(20)19-16-8-6-5-7-15(16)14-10-11-18-13(2)12-14/h5-8,10-12H,3-4,9H2,1-2H3,(H,19,20). The number of hydrogen-bond acceptors (Lipinski definition) is 2. The maximum absolute atomic E-state index is 11.9. The molecule has 3 heteroatoms. The second-order valence-corrected chi connectivity index (χ2v) is 4.88. The number of pyridine rings is 1. The quantitative estimate of drug-likeness (QED) is 0.883. The van der Waals surface area contributed by atoms with E-state index < -0.39 is 0 Å². The Bertz CT molecular complexity index is 593. The minimum absolute atomic E-state index is 0.0741. The van der Waals surface area contributed by atoms with Gasteiger partial charge < -0.3 is 5.32 Å². The van der Waals surface area contributed by atoms with E-state index in [-0.39, 0.29) is 5.91 Å². The summed E-state index contributed by atoms with van der Waals surface area (Å²) in [6.45, 7) is 4.05. The maximum Gasteiger partial charge on any atom is 0.224 e. The van der Waals surface area contributed by atoms with Crippen molar-refractivity contribution >= 4 is 11.6 Å². The lowest BCUT2D eigenvalue weighted by Gasteiger charge is -2.11. The fourth-order valence-electron chi connectivity index (χ4n) is 2.11. The Hall–Kier alpha value is -2.16. The lowest BCUT2D eigenvalue weighted by atomic mass is 10.0. The summed E-state index contributed by atoms with van der Waals surface area (Å²) in [4.78, 5) is 16.1. The van der Waals surface area contributed by atoms with Crippen LogP contribution in [0, 0.1) is 6.92 Å². The molecule has 1 aromatic heterocycles.